The maximum Gasteiger partial charge on any atom is 0.129 e. The Bertz CT molecular complexity index is 695. The lowest BCUT2D eigenvalue weighted by Gasteiger charge is -2.06. The molecule has 0 fully saturated rings. The van der Waals surface area contributed by atoms with Gasteiger partial charge in [0.1, 0.15) is 11.5 Å². The smallest absolute Gasteiger partial charge is 0.129 e. The van der Waals surface area contributed by atoms with Crippen LogP contribution in [-0.2, 0) is 0 Å². The Morgan fingerprint density at radius 3 is 2.44 bits per heavy atom. The number of ether oxygens (including phenoxy) is 1. The van der Waals surface area contributed by atoms with Crippen LogP contribution in [-0.4, -0.2) is 9.97 Å². The van der Waals surface area contributed by atoms with Crippen LogP contribution in [0.2, 0.25) is 0 Å². The van der Waals surface area contributed by atoms with E-state index in [-0.39, 0.29) is 0 Å². The second-order valence-electron chi connectivity index (χ2n) is 4.13. The molecule has 0 bridgehead atoms. The predicted octanol–water partition coefficient (Wildman–Crippen LogP) is 3.73. The topological polar surface area (TPSA) is 35.0 Å². The lowest BCUT2D eigenvalue weighted by molar-refractivity contribution is 0.483. The molecular formula is C15H12N2O. The molecule has 18 heavy (non-hydrogen) atoms. The molecule has 0 N–H and O–H groups in total. The van der Waals surface area contributed by atoms with Crippen LogP contribution >= 0.6 is 0 Å². The molecule has 0 saturated heterocycles. The molecule has 0 spiro atoms. The largest absolute Gasteiger partial charge is 0.457 e. The minimum absolute atomic E-state index is 0.772. The highest BCUT2D eigenvalue weighted by Gasteiger charge is 2.00. The van der Waals surface area contributed by atoms with Crippen molar-refractivity contribution in [2.24, 2.45) is 0 Å². The standard InChI is InChI=1S/C15H12N2O/c1-11-3-2-4-12(9-11)18-13-5-6-14-15(10-13)17-8-7-16-14/h2-10H,1H3. The summed E-state index contributed by atoms with van der Waals surface area (Å²) in [5.41, 5.74) is 2.88. The molecule has 3 aromatic rings. The molecule has 2 aromatic carbocycles. The van der Waals surface area contributed by atoms with E-state index in [1.54, 1.807) is 12.4 Å². The van der Waals surface area contributed by atoms with Crippen molar-refractivity contribution in [2.45, 2.75) is 6.92 Å². The van der Waals surface area contributed by atoms with Gasteiger partial charge in [-0.25, -0.2) is 0 Å². The van der Waals surface area contributed by atoms with E-state index < -0.39 is 0 Å². The first-order valence-corrected chi connectivity index (χ1v) is 5.76. The monoisotopic (exact) mass is 236 g/mol. The summed E-state index contributed by atoms with van der Waals surface area (Å²) in [5, 5.41) is 0. The summed E-state index contributed by atoms with van der Waals surface area (Å²) in [7, 11) is 0. The normalized spacial score (nSPS) is 10.5. The summed E-state index contributed by atoms with van der Waals surface area (Å²) in [4.78, 5) is 8.48. The van der Waals surface area contributed by atoms with Crippen molar-refractivity contribution in [3.8, 4) is 11.5 Å². The second-order valence-corrected chi connectivity index (χ2v) is 4.13. The first-order valence-electron chi connectivity index (χ1n) is 5.76. The molecule has 0 aliphatic heterocycles. The van der Waals surface area contributed by atoms with Gasteiger partial charge in [-0.3, -0.25) is 9.97 Å². The van der Waals surface area contributed by atoms with E-state index in [0.717, 1.165) is 22.5 Å². The van der Waals surface area contributed by atoms with E-state index in [0.29, 0.717) is 0 Å². The molecule has 1 aromatic heterocycles. The average molecular weight is 236 g/mol. The summed E-state index contributed by atoms with van der Waals surface area (Å²) >= 11 is 0. The van der Waals surface area contributed by atoms with Gasteiger partial charge in [-0.05, 0) is 36.8 Å². The van der Waals surface area contributed by atoms with Crippen LogP contribution in [0.3, 0.4) is 0 Å². The SMILES string of the molecule is Cc1cccc(Oc2ccc3nccnc3c2)c1. The van der Waals surface area contributed by atoms with Gasteiger partial charge in [-0.2, -0.15) is 0 Å². The van der Waals surface area contributed by atoms with Gasteiger partial charge in [0.05, 0.1) is 11.0 Å². The third-order valence-electron chi connectivity index (χ3n) is 2.67. The predicted molar refractivity (Wildman–Crippen MR) is 70.8 cm³/mol. The highest BCUT2D eigenvalue weighted by atomic mass is 16.5. The number of aromatic nitrogens is 2. The molecule has 0 aliphatic rings. The van der Waals surface area contributed by atoms with E-state index in [1.165, 1.54) is 5.56 Å². The highest BCUT2D eigenvalue weighted by Crippen LogP contribution is 2.24. The van der Waals surface area contributed by atoms with E-state index in [9.17, 15) is 0 Å². The van der Waals surface area contributed by atoms with Crippen LogP contribution in [0.5, 0.6) is 11.5 Å². The molecule has 1 heterocycles. The van der Waals surface area contributed by atoms with Gasteiger partial charge in [0.25, 0.3) is 0 Å². The van der Waals surface area contributed by atoms with Gasteiger partial charge in [0.2, 0.25) is 0 Å². The number of fused-ring (bicyclic) bond motifs is 1. The third-order valence-corrected chi connectivity index (χ3v) is 2.67. The number of rotatable bonds is 2. The summed E-state index contributed by atoms with van der Waals surface area (Å²) < 4.78 is 5.80. The Labute approximate surface area is 105 Å². The Morgan fingerprint density at radius 1 is 0.833 bits per heavy atom. The van der Waals surface area contributed by atoms with Crippen molar-refractivity contribution in [2.75, 3.05) is 0 Å². The van der Waals surface area contributed by atoms with E-state index in [1.807, 2.05) is 49.4 Å². The maximum atomic E-state index is 5.80. The van der Waals surface area contributed by atoms with Crippen LogP contribution in [0.15, 0.2) is 54.9 Å². The third kappa shape index (κ3) is 2.15. The molecule has 0 radical (unpaired) electrons. The number of nitrogens with zero attached hydrogens (tertiary/aromatic N) is 2. The van der Waals surface area contributed by atoms with E-state index in [2.05, 4.69) is 9.97 Å². The summed E-state index contributed by atoms with van der Waals surface area (Å²) in [5.74, 6) is 1.60. The lowest BCUT2D eigenvalue weighted by Crippen LogP contribution is -1.87. The molecule has 3 heteroatoms. The van der Waals surface area contributed by atoms with Crippen molar-refractivity contribution in [3.05, 3.63) is 60.4 Å². The Balaban J connectivity index is 1.95. The molecule has 3 rings (SSSR count). The van der Waals surface area contributed by atoms with E-state index >= 15 is 0 Å². The van der Waals surface area contributed by atoms with Crippen molar-refractivity contribution < 1.29 is 4.74 Å². The molecule has 0 atom stereocenters. The Hall–Kier alpha value is -2.42. The molecule has 88 valence electrons. The van der Waals surface area contributed by atoms with Crippen LogP contribution in [0.25, 0.3) is 11.0 Å². The average Bonchev–Trinajstić information content (AvgIpc) is 2.39. The molecule has 0 unspecified atom stereocenters. The van der Waals surface area contributed by atoms with Crippen LogP contribution in [0, 0.1) is 6.92 Å². The summed E-state index contributed by atoms with van der Waals surface area (Å²) in [6.45, 7) is 2.04. The van der Waals surface area contributed by atoms with Crippen molar-refractivity contribution >= 4 is 11.0 Å². The van der Waals surface area contributed by atoms with Crippen LogP contribution < -0.4 is 4.74 Å². The highest BCUT2D eigenvalue weighted by molar-refractivity contribution is 5.75. The van der Waals surface area contributed by atoms with Crippen molar-refractivity contribution in [1.82, 2.24) is 9.97 Å². The van der Waals surface area contributed by atoms with E-state index in [4.69, 9.17) is 4.74 Å². The zero-order chi connectivity index (χ0) is 12.4. The first kappa shape index (κ1) is 10.7. The number of benzene rings is 2. The molecule has 0 aliphatic carbocycles. The molecule has 0 saturated carbocycles. The second kappa shape index (κ2) is 4.45. The van der Waals surface area contributed by atoms with Crippen molar-refractivity contribution in [3.63, 3.8) is 0 Å². The number of hydrogen-bond donors (Lipinski definition) is 0. The maximum absolute atomic E-state index is 5.80. The Morgan fingerprint density at radius 2 is 1.61 bits per heavy atom. The van der Waals surface area contributed by atoms with Gasteiger partial charge in [-0.15, -0.1) is 0 Å². The lowest BCUT2D eigenvalue weighted by atomic mass is 10.2. The number of hydrogen-bond acceptors (Lipinski definition) is 3. The minimum Gasteiger partial charge on any atom is -0.457 e. The fourth-order valence-electron chi connectivity index (χ4n) is 1.82. The first-order chi connectivity index (χ1) is 8.81. The van der Waals surface area contributed by atoms with Gasteiger partial charge < -0.3 is 4.74 Å². The fourth-order valence-corrected chi connectivity index (χ4v) is 1.82. The zero-order valence-corrected chi connectivity index (χ0v) is 10.00. The molecular weight excluding hydrogens is 224 g/mol. The van der Waals surface area contributed by atoms with Gasteiger partial charge in [0, 0.05) is 18.5 Å². The zero-order valence-electron chi connectivity index (χ0n) is 10.00. The quantitative estimate of drug-likeness (QED) is 0.680. The number of aryl methyl sites for hydroxylation is 1. The van der Waals surface area contributed by atoms with Gasteiger partial charge in [0.15, 0.2) is 0 Å². The van der Waals surface area contributed by atoms with Crippen molar-refractivity contribution in [1.29, 1.82) is 0 Å². The van der Waals surface area contributed by atoms with Crippen LogP contribution in [0.1, 0.15) is 5.56 Å². The van der Waals surface area contributed by atoms with Crippen LogP contribution in [0.4, 0.5) is 0 Å². The summed E-state index contributed by atoms with van der Waals surface area (Å²) in [6.07, 6.45) is 3.36. The molecule has 3 nitrogen and oxygen atoms in total. The summed E-state index contributed by atoms with van der Waals surface area (Å²) in [6, 6.07) is 13.7. The Kier molecular flexibility index (Phi) is 2.65. The fraction of sp³-hybridized carbons (Fsp3) is 0.0667. The molecule has 0 amide bonds. The van der Waals surface area contributed by atoms with Gasteiger partial charge >= 0.3 is 0 Å². The minimum atomic E-state index is 0.772. The van der Waals surface area contributed by atoms with Gasteiger partial charge in [-0.1, -0.05) is 12.1 Å².